The SMILES string of the molecule is FC(F)(F)c1ccccc1-c1ccc2c3ccccc3n(-n3c4ccccc4c4ccc(-c5ccccc5C(F)(F)F)cc43)c2c1. The van der Waals surface area contributed by atoms with E-state index in [-0.39, 0.29) is 11.1 Å². The van der Waals surface area contributed by atoms with Gasteiger partial charge in [-0.3, -0.25) is 0 Å². The van der Waals surface area contributed by atoms with Crippen LogP contribution < -0.4 is 0 Å². The quantitative estimate of drug-likeness (QED) is 0.174. The molecule has 0 N–H and O–H groups in total. The summed E-state index contributed by atoms with van der Waals surface area (Å²) in [7, 11) is 0. The predicted octanol–water partition coefficient (Wildman–Crippen LogP) is 11.6. The van der Waals surface area contributed by atoms with Crippen LogP contribution in [0, 0.1) is 0 Å². The van der Waals surface area contributed by atoms with Gasteiger partial charge in [0.15, 0.2) is 0 Å². The van der Waals surface area contributed by atoms with E-state index in [2.05, 4.69) is 0 Å². The number of nitrogens with zero attached hydrogens (tertiary/aromatic N) is 2. The Morgan fingerprint density at radius 1 is 0.348 bits per heavy atom. The van der Waals surface area contributed by atoms with E-state index in [4.69, 9.17) is 0 Å². The van der Waals surface area contributed by atoms with E-state index in [1.54, 1.807) is 36.4 Å². The predicted molar refractivity (Wildman–Crippen MR) is 171 cm³/mol. The van der Waals surface area contributed by atoms with Crippen LogP contribution in [-0.2, 0) is 12.4 Å². The average molecular weight is 621 g/mol. The number of hydrogen-bond acceptors (Lipinski definition) is 0. The molecule has 0 unspecified atom stereocenters. The zero-order valence-electron chi connectivity index (χ0n) is 23.9. The highest BCUT2D eigenvalue weighted by molar-refractivity contribution is 6.12. The van der Waals surface area contributed by atoms with Crippen molar-refractivity contribution in [2.45, 2.75) is 12.4 Å². The van der Waals surface area contributed by atoms with Gasteiger partial charge in [-0.25, -0.2) is 9.35 Å². The third-order valence-electron chi connectivity index (χ3n) is 8.58. The summed E-state index contributed by atoms with van der Waals surface area (Å²) in [6, 6.07) is 36.9. The van der Waals surface area contributed by atoms with Crippen LogP contribution in [0.15, 0.2) is 133 Å². The van der Waals surface area contributed by atoms with Gasteiger partial charge in [-0.2, -0.15) is 26.3 Å². The molecule has 46 heavy (non-hydrogen) atoms. The second-order valence-corrected chi connectivity index (χ2v) is 11.2. The molecule has 0 saturated carbocycles. The maximum absolute atomic E-state index is 14.1. The molecule has 0 aliphatic carbocycles. The van der Waals surface area contributed by atoms with Crippen LogP contribution in [-0.4, -0.2) is 9.35 Å². The second kappa shape index (κ2) is 10.0. The molecule has 8 aromatic rings. The lowest BCUT2D eigenvalue weighted by Crippen LogP contribution is -2.09. The summed E-state index contributed by atoms with van der Waals surface area (Å²) in [5.74, 6) is 0. The van der Waals surface area contributed by atoms with E-state index in [9.17, 15) is 26.3 Å². The minimum Gasteiger partial charge on any atom is -0.248 e. The Kier molecular flexibility index (Phi) is 6.09. The molecule has 0 radical (unpaired) electrons. The van der Waals surface area contributed by atoms with E-state index in [0.29, 0.717) is 22.2 Å². The number of para-hydroxylation sites is 2. The van der Waals surface area contributed by atoms with Gasteiger partial charge in [0.2, 0.25) is 0 Å². The van der Waals surface area contributed by atoms with E-state index in [1.165, 1.54) is 24.3 Å². The highest BCUT2D eigenvalue weighted by atomic mass is 19.4. The molecule has 226 valence electrons. The number of rotatable bonds is 3. The van der Waals surface area contributed by atoms with Crippen molar-refractivity contribution in [3.8, 4) is 22.3 Å². The minimum atomic E-state index is -4.55. The van der Waals surface area contributed by atoms with E-state index in [1.807, 2.05) is 70.0 Å². The summed E-state index contributed by atoms with van der Waals surface area (Å²) in [6.07, 6.45) is -9.09. The fraction of sp³-hybridized carbons (Fsp3) is 0.0526. The zero-order chi connectivity index (χ0) is 31.8. The number of hydrogen-bond donors (Lipinski definition) is 0. The highest BCUT2D eigenvalue weighted by Gasteiger charge is 2.34. The maximum Gasteiger partial charge on any atom is 0.417 e. The van der Waals surface area contributed by atoms with Gasteiger partial charge in [0.1, 0.15) is 0 Å². The van der Waals surface area contributed by atoms with Gasteiger partial charge in [-0.05, 0) is 58.7 Å². The van der Waals surface area contributed by atoms with Gasteiger partial charge in [-0.1, -0.05) is 97.1 Å². The van der Waals surface area contributed by atoms with Gasteiger partial charge in [0.05, 0.1) is 33.2 Å². The molecule has 2 nitrogen and oxygen atoms in total. The molecular formula is C38H22F6N2. The van der Waals surface area contributed by atoms with E-state index < -0.39 is 23.5 Å². The molecule has 0 aliphatic heterocycles. The Morgan fingerprint density at radius 3 is 1.11 bits per heavy atom. The zero-order valence-corrected chi connectivity index (χ0v) is 23.9. The Balaban J connectivity index is 1.48. The van der Waals surface area contributed by atoms with Gasteiger partial charge in [-0.15, -0.1) is 0 Å². The van der Waals surface area contributed by atoms with Crippen molar-refractivity contribution in [2.24, 2.45) is 0 Å². The molecule has 0 fully saturated rings. The number of alkyl halides is 6. The Labute approximate surface area is 258 Å². The van der Waals surface area contributed by atoms with Crippen LogP contribution in [0.3, 0.4) is 0 Å². The largest absolute Gasteiger partial charge is 0.417 e. The lowest BCUT2D eigenvalue weighted by molar-refractivity contribution is -0.137. The normalized spacial score (nSPS) is 12.6. The first-order valence-electron chi connectivity index (χ1n) is 14.5. The number of fused-ring (bicyclic) bond motifs is 6. The fourth-order valence-electron chi connectivity index (χ4n) is 6.63. The molecule has 0 aliphatic rings. The molecule has 0 bridgehead atoms. The van der Waals surface area contributed by atoms with Crippen LogP contribution in [0.4, 0.5) is 26.3 Å². The smallest absolute Gasteiger partial charge is 0.248 e. The van der Waals surface area contributed by atoms with Crippen LogP contribution in [0.5, 0.6) is 0 Å². The second-order valence-electron chi connectivity index (χ2n) is 11.2. The topological polar surface area (TPSA) is 9.86 Å². The average Bonchev–Trinajstić information content (AvgIpc) is 3.55. The van der Waals surface area contributed by atoms with Gasteiger partial charge in [0, 0.05) is 21.5 Å². The molecule has 2 aromatic heterocycles. The molecular weight excluding hydrogens is 598 g/mol. The third-order valence-corrected chi connectivity index (χ3v) is 8.58. The van der Waals surface area contributed by atoms with Crippen LogP contribution in [0.25, 0.3) is 65.9 Å². The summed E-state index contributed by atoms with van der Waals surface area (Å²) < 4.78 is 88.3. The molecule has 0 spiro atoms. The summed E-state index contributed by atoms with van der Waals surface area (Å²) >= 11 is 0. The fourth-order valence-corrected chi connectivity index (χ4v) is 6.63. The summed E-state index contributed by atoms with van der Waals surface area (Å²) in [5, 5.41) is 3.43. The molecule has 0 saturated heterocycles. The Bertz CT molecular complexity index is 2290. The van der Waals surface area contributed by atoms with Crippen molar-refractivity contribution >= 4 is 43.6 Å². The minimum absolute atomic E-state index is 0.0574. The van der Waals surface area contributed by atoms with Crippen molar-refractivity contribution in [1.82, 2.24) is 9.35 Å². The van der Waals surface area contributed by atoms with Crippen molar-refractivity contribution < 1.29 is 26.3 Å². The van der Waals surface area contributed by atoms with Gasteiger partial charge >= 0.3 is 12.4 Å². The van der Waals surface area contributed by atoms with Crippen molar-refractivity contribution in [2.75, 3.05) is 0 Å². The summed E-state index contributed by atoms with van der Waals surface area (Å²) in [4.78, 5) is 0. The highest BCUT2D eigenvalue weighted by Crippen LogP contribution is 2.42. The number of benzene rings is 6. The maximum atomic E-state index is 14.1. The molecule has 8 rings (SSSR count). The Hall–Kier alpha value is -5.50. The van der Waals surface area contributed by atoms with Gasteiger partial charge < -0.3 is 0 Å². The first-order chi connectivity index (χ1) is 22.1. The monoisotopic (exact) mass is 620 g/mol. The molecule has 6 aromatic carbocycles. The number of aromatic nitrogens is 2. The van der Waals surface area contributed by atoms with Gasteiger partial charge in [0.25, 0.3) is 0 Å². The molecule has 8 heteroatoms. The molecule has 2 heterocycles. The number of halogens is 6. The standard InChI is InChI=1S/C38H22F6N2/c39-37(40,41)31-13-5-1-9-25(31)23-17-19-29-27-11-3-7-15-33(27)45(35(29)21-23)46-34-16-8-4-12-28(34)30-20-18-24(22-36(30)46)26-10-2-6-14-32(26)38(42,43)44/h1-22H. The van der Waals surface area contributed by atoms with Crippen LogP contribution in [0.1, 0.15) is 11.1 Å². The van der Waals surface area contributed by atoms with Crippen LogP contribution in [0.2, 0.25) is 0 Å². The van der Waals surface area contributed by atoms with E-state index >= 15 is 0 Å². The van der Waals surface area contributed by atoms with Crippen molar-refractivity contribution in [1.29, 1.82) is 0 Å². The lowest BCUT2D eigenvalue weighted by atomic mass is 9.98. The van der Waals surface area contributed by atoms with Crippen molar-refractivity contribution in [3.63, 3.8) is 0 Å². The van der Waals surface area contributed by atoms with E-state index in [0.717, 1.165) is 44.7 Å². The Morgan fingerprint density at radius 2 is 0.696 bits per heavy atom. The summed E-state index contributed by atoms with van der Waals surface area (Å²) in [6.45, 7) is 0. The summed E-state index contributed by atoms with van der Waals surface area (Å²) in [5.41, 5.74) is 2.33. The first kappa shape index (κ1) is 28.0. The van der Waals surface area contributed by atoms with Crippen molar-refractivity contribution in [3.05, 3.63) is 145 Å². The molecule has 0 atom stereocenters. The first-order valence-corrected chi connectivity index (χ1v) is 14.5. The third kappa shape index (κ3) is 4.28. The lowest BCUT2D eigenvalue weighted by Gasteiger charge is -2.16. The van der Waals surface area contributed by atoms with Crippen LogP contribution >= 0.6 is 0 Å². The molecule has 0 amide bonds.